The van der Waals surface area contributed by atoms with Gasteiger partial charge in [0.1, 0.15) is 6.10 Å². The summed E-state index contributed by atoms with van der Waals surface area (Å²) < 4.78 is 5.53. The molecule has 0 aromatic heterocycles. The fraction of sp³-hybridized carbons (Fsp3) is 0.562. The van der Waals surface area contributed by atoms with E-state index in [1.54, 1.807) is 6.07 Å². The Hall–Kier alpha value is -1.39. The fourth-order valence-electron chi connectivity index (χ4n) is 2.45. The molecule has 1 saturated heterocycles. The van der Waals surface area contributed by atoms with Gasteiger partial charge in [0.15, 0.2) is 0 Å². The normalized spacial score (nSPS) is 18.8. The summed E-state index contributed by atoms with van der Waals surface area (Å²) in [4.78, 5) is 16.7. The Morgan fingerprint density at radius 1 is 1.30 bits per heavy atom. The van der Waals surface area contributed by atoms with Crippen LogP contribution in [0.5, 0.6) is 0 Å². The van der Waals surface area contributed by atoms with Crippen molar-refractivity contribution in [2.45, 2.75) is 20.0 Å². The van der Waals surface area contributed by atoms with Gasteiger partial charge in [0.05, 0.1) is 5.56 Å². The molecule has 0 bridgehead atoms. The highest BCUT2D eigenvalue weighted by molar-refractivity contribution is 5.89. The number of rotatable bonds is 4. The maximum Gasteiger partial charge on any atom is 0.338 e. The zero-order valence-electron chi connectivity index (χ0n) is 12.6. The summed E-state index contributed by atoms with van der Waals surface area (Å²) in [5.74, 6) is -0.227. The van der Waals surface area contributed by atoms with Crippen molar-refractivity contribution in [1.29, 1.82) is 0 Å². The molecule has 1 aliphatic heterocycles. The Balaban J connectivity index is 1.82. The molecule has 1 fully saturated rings. The first-order valence-corrected chi connectivity index (χ1v) is 7.23. The van der Waals surface area contributed by atoms with Crippen molar-refractivity contribution in [3.63, 3.8) is 0 Å². The average Bonchev–Trinajstić information content (AvgIpc) is 2.41. The molecule has 1 aromatic rings. The van der Waals surface area contributed by atoms with E-state index in [0.717, 1.165) is 38.3 Å². The maximum atomic E-state index is 12.1. The first kappa shape index (κ1) is 15.0. The number of carbonyl (C=O) groups excluding carboxylic acids is 1. The molecule has 4 heteroatoms. The van der Waals surface area contributed by atoms with Crippen LogP contribution in [-0.2, 0) is 4.74 Å². The van der Waals surface area contributed by atoms with Crippen molar-refractivity contribution in [3.05, 3.63) is 35.4 Å². The molecular formula is C16H24N2O2. The Bertz CT molecular complexity index is 454. The summed E-state index contributed by atoms with van der Waals surface area (Å²) in [6.07, 6.45) is -0.0774. The predicted molar refractivity (Wildman–Crippen MR) is 80.0 cm³/mol. The second kappa shape index (κ2) is 6.86. The van der Waals surface area contributed by atoms with Crippen molar-refractivity contribution in [2.24, 2.45) is 0 Å². The molecule has 1 aromatic carbocycles. The second-order valence-corrected chi connectivity index (χ2v) is 5.69. The molecule has 0 unspecified atom stereocenters. The minimum Gasteiger partial charge on any atom is -0.458 e. The topological polar surface area (TPSA) is 32.8 Å². The van der Waals surface area contributed by atoms with Crippen LogP contribution in [0.4, 0.5) is 0 Å². The third-order valence-corrected chi connectivity index (χ3v) is 3.67. The first-order valence-electron chi connectivity index (χ1n) is 7.23. The van der Waals surface area contributed by atoms with E-state index in [1.807, 2.05) is 32.0 Å². The van der Waals surface area contributed by atoms with Gasteiger partial charge in [0.2, 0.25) is 0 Å². The number of nitrogens with zero attached hydrogens (tertiary/aromatic N) is 2. The molecule has 0 saturated carbocycles. The molecule has 0 spiro atoms. The van der Waals surface area contributed by atoms with Crippen LogP contribution in [0, 0.1) is 6.92 Å². The molecule has 110 valence electrons. The highest BCUT2D eigenvalue weighted by Gasteiger charge is 2.18. The lowest BCUT2D eigenvalue weighted by molar-refractivity contribution is 0.0207. The van der Waals surface area contributed by atoms with E-state index < -0.39 is 0 Å². The van der Waals surface area contributed by atoms with Crippen LogP contribution >= 0.6 is 0 Å². The molecular weight excluding hydrogens is 252 g/mol. The van der Waals surface area contributed by atoms with Crippen LogP contribution < -0.4 is 0 Å². The number of likely N-dealkylation sites (N-methyl/N-ethyl adjacent to an activating group) is 1. The third-order valence-electron chi connectivity index (χ3n) is 3.67. The molecule has 0 N–H and O–H groups in total. The first-order chi connectivity index (χ1) is 9.54. The van der Waals surface area contributed by atoms with Gasteiger partial charge in [-0.15, -0.1) is 0 Å². The summed E-state index contributed by atoms with van der Waals surface area (Å²) in [5, 5.41) is 0. The van der Waals surface area contributed by atoms with Crippen LogP contribution in [0.25, 0.3) is 0 Å². The highest BCUT2D eigenvalue weighted by atomic mass is 16.5. The van der Waals surface area contributed by atoms with E-state index in [1.165, 1.54) is 0 Å². The molecule has 4 nitrogen and oxygen atoms in total. The van der Waals surface area contributed by atoms with E-state index >= 15 is 0 Å². The lowest BCUT2D eigenvalue weighted by Gasteiger charge is -2.33. The number of ether oxygens (including phenoxy) is 1. The Kier molecular flexibility index (Phi) is 5.15. The molecule has 1 atom stereocenters. The Labute approximate surface area is 121 Å². The van der Waals surface area contributed by atoms with Gasteiger partial charge < -0.3 is 9.64 Å². The molecule has 0 amide bonds. The number of hydrogen-bond acceptors (Lipinski definition) is 4. The van der Waals surface area contributed by atoms with Crippen LogP contribution in [-0.4, -0.2) is 61.6 Å². The summed E-state index contributed by atoms with van der Waals surface area (Å²) in [6, 6.07) is 7.53. The number of carbonyl (C=O) groups is 1. The van der Waals surface area contributed by atoms with Gasteiger partial charge in [-0.1, -0.05) is 17.7 Å². The SMILES string of the molecule is Cc1cccc(C(=O)O[C@H](C)CN2CCN(C)CC2)c1. The van der Waals surface area contributed by atoms with E-state index in [-0.39, 0.29) is 12.1 Å². The van der Waals surface area contributed by atoms with Crippen molar-refractivity contribution in [2.75, 3.05) is 39.8 Å². The zero-order chi connectivity index (χ0) is 14.5. The number of aryl methyl sites for hydroxylation is 1. The van der Waals surface area contributed by atoms with Gasteiger partial charge in [0.25, 0.3) is 0 Å². The van der Waals surface area contributed by atoms with Gasteiger partial charge in [0, 0.05) is 32.7 Å². The van der Waals surface area contributed by atoms with Gasteiger partial charge in [-0.05, 0) is 33.0 Å². The molecule has 0 radical (unpaired) electrons. The number of esters is 1. The van der Waals surface area contributed by atoms with Gasteiger partial charge >= 0.3 is 5.97 Å². The minimum absolute atomic E-state index is 0.0774. The van der Waals surface area contributed by atoms with Crippen molar-refractivity contribution < 1.29 is 9.53 Å². The molecule has 2 rings (SSSR count). The monoisotopic (exact) mass is 276 g/mol. The summed E-state index contributed by atoms with van der Waals surface area (Å²) in [5.41, 5.74) is 1.71. The van der Waals surface area contributed by atoms with E-state index in [2.05, 4.69) is 16.8 Å². The van der Waals surface area contributed by atoms with Crippen LogP contribution in [0.15, 0.2) is 24.3 Å². The van der Waals surface area contributed by atoms with Crippen molar-refractivity contribution >= 4 is 5.97 Å². The van der Waals surface area contributed by atoms with Crippen molar-refractivity contribution in [1.82, 2.24) is 9.80 Å². The Morgan fingerprint density at radius 3 is 2.65 bits per heavy atom. The van der Waals surface area contributed by atoms with E-state index in [0.29, 0.717) is 5.56 Å². The van der Waals surface area contributed by atoms with Gasteiger partial charge in [-0.2, -0.15) is 0 Å². The van der Waals surface area contributed by atoms with Crippen LogP contribution in [0.2, 0.25) is 0 Å². The largest absolute Gasteiger partial charge is 0.458 e. The number of benzene rings is 1. The zero-order valence-corrected chi connectivity index (χ0v) is 12.6. The standard InChI is InChI=1S/C16H24N2O2/c1-13-5-4-6-15(11-13)16(19)20-14(2)12-18-9-7-17(3)8-10-18/h4-6,11,14H,7-10,12H2,1-3H3/t14-/m1/s1. The molecule has 20 heavy (non-hydrogen) atoms. The van der Waals surface area contributed by atoms with Crippen LogP contribution in [0.3, 0.4) is 0 Å². The number of hydrogen-bond donors (Lipinski definition) is 0. The molecule has 0 aliphatic carbocycles. The fourth-order valence-corrected chi connectivity index (χ4v) is 2.45. The summed E-state index contributed by atoms with van der Waals surface area (Å²) in [7, 11) is 2.14. The molecule has 1 heterocycles. The van der Waals surface area contributed by atoms with Crippen LogP contribution in [0.1, 0.15) is 22.8 Å². The molecule has 1 aliphatic rings. The maximum absolute atomic E-state index is 12.1. The second-order valence-electron chi connectivity index (χ2n) is 5.69. The lowest BCUT2D eigenvalue weighted by atomic mass is 10.1. The smallest absolute Gasteiger partial charge is 0.338 e. The highest BCUT2D eigenvalue weighted by Crippen LogP contribution is 2.09. The summed E-state index contributed by atoms with van der Waals surface area (Å²) >= 11 is 0. The Morgan fingerprint density at radius 2 is 2.00 bits per heavy atom. The third kappa shape index (κ3) is 4.32. The van der Waals surface area contributed by atoms with Gasteiger partial charge in [-0.3, -0.25) is 4.90 Å². The average molecular weight is 276 g/mol. The van der Waals surface area contributed by atoms with Crippen molar-refractivity contribution in [3.8, 4) is 0 Å². The number of piperazine rings is 1. The lowest BCUT2D eigenvalue weighted by Crippen LogP contribution is -2.47. The van der Waals surface area contributed by atoms with Gasteiger partial charge in [-0.25, -0.2) is 4.79 Å². The quantitative estimate of drug-likeness (QED) is 0.785. The van der Waals surface area contributed by atoms with E-state index in [9.17, 15) is 4.79 Å². The predicted octanol–water partition coefficient (Wildman–Crippen LogP) is 1.79. The minimum atomic E-state index is -0.227. The summed E-state index contributed by atoms with van der Waals surface area (Å²) in [6.45, 7) is 9.00. The van der Waals surface area contributed by atoms with E-state index in [4.69, 9.17) is 4.74 Å².